The summed E-state index contributed by atoms with van der Waals surface area (Å²) in [4.78, 5) is 0.229. The van der Waals surface area contributed by atoms with Gasteiger partial charge in [0.1, 0.15) is 5.75 Å². The van der Waals surface area contributed by atoms with Crippen LogP contribution in [0.4, 0.5) is 5.69 Å². The van der Waals surface area contributed by atoms with Crippen molar-refractivity contribution in [2.24, 2.45) is 0 Å². The van der Waals surface area contributed by atoms with Gasteiger partial charge in [0.2, 0.25) is 0 Å². The number of ether oxygens (including phenoxy) is 1. The molecule has 3 aromatic carbocycles. The molecule has 0 saturated carbocycles. The Morgan fingerprint density at radius 3 is 2.14 bits per heavy atom. The quantitative estimate of drug-likeness (QED) is 0.800. The van der Waals surface area contributed by atoms with Gasteiger partial charge in [-0.25, -0.2) is 8.42 Å². The van der Waals surface area contributed by atoms with Crippen molar-refractivity contribution in [3.8, 4) is 5.75 Å². The second-order valence-electron chi connectivity index (χ2n) is 4.78. The van der Waals surface area contributed by atoms with Gasteiger partial charge >= 0.3 is 0 Å². The fourth-order valence-electron chi connectivity index (χ4n) is 2.37. The van der Waals surface area contributed by atoms with Crippen molar-refractivity contribution in [1.29, 1.82) is 0 Å². The normalized spacial score (nSPS) is 11.3. The van der Waals surface area contributed by atoms with Gasteiger partial charge in [-0.05, 0) is 24.3 Å². The van der Waals surface area contributed by atoms with Gasteiger partial charge in [0, 0.05) is 16.5 Å². The summed E-state index contributed by atoms with van der Waals surface area (Å²) in [5.74, 6) is 0.647. The molecule has 0 heterocycles. The van der Waals surface area contributed by atoms with Crippen LogP contribution < -0.4 is 9.46 Å². The molecule has 0 aliphatic heterocycles. The smallest absolute Gasteiger partial charge is 0.262 e. The van der Waals surface area contributed by atoms with Gasteiger partial charge < -0.3 is 4.74 Å². The molecule has 22 heavy (non-hydrogen) atoms. The number of sulfonamides is 1. The van der Waals surface area contributed by atoms with E-state index in [4.69, 9.17) is 4.74 Å². The Bertz CT molecular complexity index is 906. The van der Waals surface area contributed by atoms with Crippen LogP contribution in [0.1, 0.15) is 0 Å². The number of fused-ring (bicyclic) bond motifs is 1. The molecule has 0 aliphatic rings. The lowest BCUT2D eigenvalue weighted by Crippen LogP contribution is -2.13. The van der Waals surface area contributed by atoms with Crippen molar-refractivity contribution >= 4 is 26.5 Å². The zero-order valence-electron chi connectivity index (χ0n) is 12.0. The van der Waals surface area contributed by atoms with Crippen LogP contribution in [-0.4, -0.2) is 15.5 Å². The molecule has 0 radical (unpaired) electrons. The second kappa shape index (κ2) is 5.69. The highest BCUT2D eigenvalue weighted by Gasteiger charge is 2.18. The van der Waals surface area contributed by atoms with E-state index in [0.29, 0.717) is 16.8 Å². The van der Waals surface area contributed by atoms with E-state index in [-0.39, 0.29) is 4.90 Å². The average molecular weight is 313 g/mol. The van der Waals surface area contributed by atoms with Crippen molar-refractivity contribution < 1.29 is 13.2 Å². The number of hydrogen-bond acceptors (Lipinski definition) is 3. The number of benzene rings is 3. The standard InChI is InChI=1S/C17H15NO3S/c1-21-16-11-12-17(15-10-6-5-9-14(15)16)22(19,20)18-13-7-3-2-4-8-13/h2-12,18H,1H3. The molecule has 0 bridgehead atoms. The first-order valence-electron chi connectivity index (χ1n) is 6.75. The lowest BCUT2D eigenvalue weighted by Gasteiger charge is -2.12. The molecule has 0 unspecified atom stereocenters. The number of para-hydroxylation sites is 1. The Labute approximate surface area is 129 Å². The third-order valence-electron chi connectivity index (χ3n) is 3.38. The van der Waals surface area contributed by atoms with E-state index in [9.17, 15) is 8.42 Å². The van der Waals surface area contributed by atoms with Gasteiger partial charge in [-0.15, -0.1) is 0 Å². The van der Waals surface area contributed by atoms with Gasteiger partial charge in [0.05, 0.1) is 12.0 Å². The molecule has 4 nitrogen and oxygen atoms in total. The van der Waals surface area contributed by atoms with E-state index >= 15 is 0 Å². The molecular weight excluding hydrogens is 298 g/mol. The predicted molar refractivity (Wildman–Crippen MR) is 87.8 cm³/mol. The summed E-state index contributed by atoms with van der Waals surface area (Å²) in [6.07, 6.45) is 0. The van der Waals surface area contributed by atoms with Crippen molar-refractivity contribution in [2.45, 2.75) is 4.90 Å². The van der Waals surface area contributed by atoms with Gasteiger partial charge in [0.25, 0.3) is 10.0 Å². The molecular formula is C17H15NO3S. The minimum Gasteiger partial charge on any atom is -0.496 e. The van der Waals surface area contributed by atoms with Crippen molar-refractivity contribution in [2.75, 3.05) is 11.8 Å². The number of hydrogen-bond donors (Lipinski definition) is 1. The molecule has 1 N–H and O–H groups in total. The molecule has 5 heteroatoms. The zero-order valence-corrected chi connectivity index (χ0v) is 12.8. The van der Waals surface area contributed by atoms with E-state index in [2.05, 4.69) is 4.72 Å². The van der Waals surface area contributed by atoms with E-state index in [0.717, 1.165) is 5.39 Å². The molecule has 112 valence electrons. The van der Waals surface area contributed by atoms with Crippen LogP contribution in [0.2, 0.25) is 0 Å². The summed E-state index contributed by atoms with van der Waals surface area (Å²) in [6.45, 7) is 0. The van der Waals surface area contributed by atoms with Crippen LogP contribution in [0.5, 0.6) is 5.75 Å². The molecule has 0 atom stereocenters. The Morgan fingerprint density at radius 2 is 1.45 bits per heavy atom. The van der Waals surface area contributed by atoms with Crippen LogP contribution in [0.15, 0.2) is 71.6 Å². The molecule has 3 aromatic rings. The van der Waals surface area contributed by atoms with Crippen molar-refractivity contribution in [3.05, 3.63) is 66.7 Å². The van der Waals surface area contributed by atoms with Crippen LogP contribution in [0, 0.1) is 0 Å². The van der Waals surface area contributed by atoms with Crippen LogP contribution in [-0.2, 0) is 10.0 Å². The molecule has 0 aromatic heterocycles. The minimum atomic E-state index is -3.67. The molecule has 0 saturated heterocycles. The summed E-state index contributed by atoms with van der Waals surface area (Å²) >= 11 is 0. The van der Waals surface area contributed by atoms with Gasteiger partial charge in [-0.3, -0.25) is 4.72 Å². The highest BCUT2D eigenvalue weighted by atomic mass is 32.2. The highest BCUT2D eigenvalue weighted by Crippen LogP contribution is 2.31. The maximum atomic E-state index is 12.7. The summed E-state index contributed by atoms with van der Waals surface area (Å²) in [5.41, 5.74) is 0.530. The van der Waals surface area contributed by atoms with Gasteiger partial charge in [0.15, 0.2) is 0 Å². The lowest BCUT2D eigenvalue weighted by atomic mass is 10.1. The Kier molecular flexibility index (Phi) is 3.73. The summed E-state index contributed by atoms with van der Waals surface area (Å²) in [6, 6.07) is 19.3. The number of anilines is 1. The molecule has 0 fully saturated rings. The van der Waals surface area contributed by atoms with Crippen molar-refractivity contribution in [1.82, 2.24) is 0 Å². The van der Waals surface area contributed by atoms with E-state index in [1.807, 2.05) is 24.3 Å². The summed E-state index contributed by atoms with van der Waals surface area (Å²) < 4.78 is 33.2. The van der Waals surface area contributed by atoms with Gasteiger partial charge in [-0.1, -0.05) is 42.5 Å². The van der Waals surface area contributed by atoms with Crippen molar-refractivity contribution in [3.63, 3.8) is 0 Å². The van der Waals surface area contributed by atoms with E-state index in [1.165, 1.54) is 0 Å². The van der Waals surface area contributed by atoms with E-state index < -0.39 is 10.0 Å². The number of rotatable bonds is 4. The SMILES string of the molecule is COc1ccc(S(=O)(=O)Nc2ccccc2)c2ccccc12. The fraction of sp³-hybridized carbons (Fsp3) is 0.0588. The first-order chi connectivity index (χ1) is 10.6. The zero-order chi connectivity index (χ0) is 15.6. The molecule has 3 rings (SSSR count). The monoisotopic (exact) mass is 313 g/mol. The average Bonchev–Trinajstić information content (AvgIpc) is 2.54. The van der Waals surface area contributed by atoms with Crippen LogP contribution >= 0.6 is 0 Å². The maximum Gasteiger partial charge on any atom is 0.262 e. The van der Waals surface area contributed by atoms with Gasteiger partial charge in [-0.2, -0.15) is 0 Å². The van der Waals surface area contributed by atoms with E-state index in [1.54, 1.807) is 49.6 Å². The lowest BCUT2D eigenvalue weighted by molar-refractivity contribution is 0.419. The van der Waals surface area contributed by atoms with Crippen LogP contribution in [0.3, 0.4) is 0 Å². The second-order valence-corrected chi connectivity index (χ2v) is 6.43. The third kappa shape index (κ3) is 2.63. The minimum absolute atomic E-state index is 0.229. The number of methoxy groups -OCH3 is 1. The third-order valence-corrected chi connectivity index (χ3v) is 4.82. The maximum absolute atomic E-state index is 12.7. The first-order valence-corrected chi connectivity index (χ1v) is 8.24. The first kappa shape index (κ1) is 14.4. The molecule has 0 spiro atoms. The fourth-order valence-corrected chi connectivity index (χ4v) is 3.64. The molecule has 0 aliphatic carbocycles. The highest BCUT2D eigenvalue weighted by molar-refractivity contribution is 7.93. The predicted octanol–water partition coefficient (Wildman–Crippen LogP) is 3.65. The Balaban J connectivity index is 2.14. The van der Waals surface area contributed by atoms with Crippen LogP contribution in [0.25, 0.3) is 10.8 Å². The largest absolute Gasteiger partial charge is 0.496 e. The number of nitrogens with one attached hydrogen (secondary N) is 1. The summed E-state index contributed by atoms with van der Waals surface area (Å²) in [5, 5.41) is 1.39. The Hall–Kier alpha value is -2.53. The Morgan fingerprint density at radius 1 is 0.818 bits per heavy atom. The topological polar surface area (TPSA) is 55.4 Å². The summed E-state index contributed by atoms with van der Waals surface area (Å²) in [7, 11) is -2.10. The molecule has 0 amide bonds.